The molecule has 1 aromatic heterocycles. The molecular formula is C11H16O3S. The van der Waals surface area contributed by atoms with Crippen LogP contribution in [0.25, 0.3) is 0 Å². The first kappa shape index (κ1) is 12.2. The van der Waals surface area contributed by atoms with Crippen LogP contribution in [-0.2, 0) is 0 Å². The van der Waals surface area contributed by atoms with Crippen LogP contribution >= 0.6 is 11.8 Å². The smallest absolute Gasteiger partial charge is 0.371 e. The molecule has 0 aliphatic rings. The molecule has 1 heterocycles. The van der Waals surface area contributed by atoms with Gasteiger partial charge in [0.15, 0.2) is 5.09 Å². The van der Waals surface area contributed by atoms with Gasteiger partial charge in [0, 0.05) is 5.75 Å². The summed E-state index contributed by atoms with van der Waals surface area (Å²) in [5, 5.41) is 9.35. The molecule has 15 heavy (non-hydrogen) atoms. The minimum absolute atomic E-state index is 0.0145. The fraction of sp³-hybridized carbons (Fsp3) is 0.545. The number of furan rings is 1. The monoisotopic (exact) mass is 228 g/mol. The Bertz CT molecular complexity index is 319. The third-order valence-corrected chi connectivity index (χ3v) is 3.32. The molecule has 0 fully saturated rings. The number of rotatable bonds is 6. The quantitative estimate of drug-likeness (QED) is 0.757. The van der Waals surface area contributed by atoms with Gasteiger partial charge in [0.1, 0.15) is 0 Å². The van der Waals surface area contributed by atoms with Crippen molar-refractivity contribution in [2.75, 3.05) is 5.75 Å². The molecule has 0 bridgehead atoms. The minimum Gasteiger partial charge on any atom is -0.475 e. The van der Waals surface area contributed by atoms with Gasteiger partial charge in [0.05, 0.1) is 0 Å². The van der Waals surface area contributed by atoms with Gasteiger partial charge >= 0.3 is 5.97 Å². The summed E-state index contributed by atoms with van der Waals surface area (Å²) in [5.74, 6) is 0.614. The van der Waals surface area contributed by atoms with Gasteiger partial charge in [0.2, 0.25) is 5.76 Å². The van der Waals surface area contributed by atoms with E-state index >= 15 is 0 Å². The first-order chi connectivity index (χ1) is 7.13. The predicted molar refractivity (Wildman–Crippen MR) is 60.5 cm³/mol. The standard InChI is InChI=1S/C11H16O3S/c1-3-4-8(2)7-15-10-6-5-9(14-10)11(12)13/h5-6,8H,3-4,7H2,1-2H3,(H,12,13). The Morgan fingerprint density at radius 2 is 2.33 bits per heavy atom. The third kappa shape index (κ3) is 4.00. The highest BCUT2D eigenvalue weighted by atomic mass is 32.2. The van der Waals surface area contributed by atoms with Gasteiger partial charge in [-0.05, 0) is 18.1 Å². The number of carboxylic acid groups (broad SMARTS) is 1. The van der Waals surface area contributed by atoms with E-state index in [-0.39, 0.29) is 5.76 Å². The van der Waals surface area contributed by atoms with E-state index < -0.39 is 5.97 Å². The third-order valence-electron chi connectivity index (χ3n) is 2.08. The van der Waals surface area contributed by atoms with Gasteiger partial charge in [-0.2, -0.15) is 0 Å². The molecule has 1 aromatic rings. The summed E-state index contributed by atoms with van der Waals surface area (Å²) in [4.78, 5) is 10.6. The molecule has 1 atom stereocenters. The molecule has 1 rings (SSSR count). The van der Waals surface area contributed by atoms with E-state index in [1.165, 1.54) is 18.9 Å². The number of carboxylic acids is 1. The van der Waals surface area contributed by atoms with Crippen LogP contribution in [0.15, 0.2) is 21.6 Å². The molecule has 0 radical (unpaired) electrons. The molecule has 0 saturated carbocycles. The van der Waals surface area contributed by atoms with Crippen LogP contribution in [0.5, 0.6) is 0 Å². The molecule has 0 aliphatic heterocycles. The highest BCUT2D eigenvalue weighted by Gasteiger charge is 2.10. The summed E-state index contributed by atoms with van der Waals surface area (Å²) in [5.41, 5.74) is 0. The lowest BCUT2D eigenvalue weighted by molar-refractivity contribution is 0.0656. The second kappa shape index (κ2) is 5.85. The lowest BCUT2D eigenvalue weighted by Gasteiger charge is -2.06. The van der Waals surface area contributed by atoms with Crippen molar-refractivity contribution in [3.05, 3.63) is 17.9 Å². The number of aromatic carboxylic acids is 1. The molecule has 84 valence electrons. The molecule has 1 N–H and O–H groups in total. The average Bonchev–Trinajstić information content (AvgIpc) is 2.63. The van der Waals surface area contributed by atoms with Crippen LogP contribution in [0.1, 0.15) is 37.2 Å². The topological polar surface area (TPSA) is 50.4 Å². The zero-order valence-corrected chi connectivity index (χ0v) is 9.84. The number of hydrogen-bond acceptors (Lipinski definition) is 3. The highest BCUT2D eigenvalue weighted by Crippen LogP contribution is 2.24. The first-order valence-corrected chi connectivity index (χ1v) is 6.08. The molecule has 0 aliphatic carbocycles. The van der Waals surface area contributed by atoms with Gasteiger partial charge in [0.25, 0.3) is 0 Å². The molecule has 0 amide bonds. The lowest BCUT2D eigenvalue weighted by Crippen LogP contribution is -1.96. The number of hydrogen-bond donors (Lipinski definition) is 1. The van der Waals surface area contributed by atoms with E-state index in [4.69, 9.17) is 9.52 Å². The van der Waals surface area contributed by atoms with Gasteiger partial charge in [-0.15, -0.1) is 0 Å². The maximum atomic E-state index is 10.6. The number of thioether (sulfide) groups is 1. The molecular weight excluding hydrogens is 212 g/mol. The van der Waals surface area contributed by atoms with Crippen molar-refractivity contribution in [3.63, 3.8) is 0 Å². The van der Waals surface area contributed by atoms with Gasteiger partial charge in [-0.1, -0.05) is 38.5 Å². The van der Waals surface area contributed by atoms with E-state index in [0.29, 0.717) is 11.0 Å². The zero-order valence-electron chi connectivity index (χ0n) is 9.03. The highest BCUT2D eigenvalue weighted by molar-refractivity contribution is 7.99. The maximum Gasteiger partial charge on any atom is 0.371 e. The Hall–Kier alpha value is -0.900. The molecule has 0 aromatic carbocycles. The van der Waals surface area contributed by atoms with Gasteiger partial charge in [-0.25, -0.2) is 4.79 Å². The summed E-state index contributed by atoms with van der Waals surface area (Å²) in [6, 6.07) is 3.21. The summed E-state index contributed by atoms with van der Waals surface area (Å²) in [6.07, 6.45) is 2.37. The summed E-state index contributed by atoms with van der Waals surface area (Å²) >= 11 is 1.58. The Labute approximate surface area is 93.9 Å². The molecule has 4 heteroatoms. The van der Waals surface area contributed by atoms with E-state index in [9.17, 15) is 4.79 Å². The van der Waals surface area contributed by atoms with Crippen LogP contribution in [0.4, 0.5) is 0 Å². The zero-order chi connectivity index (χ0) is 11.3. The maximum absolute atomic E-state index is 10.6. The van der Waals surface area contributed by atoms with Crippen molar-refractivity contribution in [1.29, 1.82) is 0 Å². The Morgan fingerprint density at radius 3 is 2.87 bits per heavy atom. The molecule has 0 saturated heterocycles. The minimum atomic E-state index is -1.01. The fourth-order valence-electron chi connectivity index (χ4n) is 1.31. The number of carbonyl (C=O) groups is 1. The Morgan fingerprint density at radius 1 is 1.60 bits per heavy atom. The average molecular weight is 228 g/mol. The summed E-state index contributed by atoms with van der Waals surface area (Å²) in [6.45, 7) is 4.36. The first-order valence-electron chi connectivity index (χ1n) is 5.09. The van der Waals surface area contributed by atoms with Crippen molar-refractivity contribution in [1.82, 2.24) is 0 Å². The van der Waals surface area contributed by atoms with Crippen LogP contribution in [0, 0.1) is 5.92 Å². The van der Waals surface area contributed by atoms with Crippen LogP contribution < -0.4 is 0 Å². The van der Waals surface area contributed by atoms with Crippen molar-refractivity contribution in [2.24, 2.45) is 5.92 Å². The van der Waals surface area contributed by atoms with Crippen LogP contribution in [-0.4, -0.2) is 16.8 Å². The van der Waals surface area contributed by atoms with Crippen LogP contribution in [0.2, 0.25) is 0 Å². The Kier molecular flexibility index (Phi) is 4.75. The normalized spacial score (nSPS) is 12.7. The van der Waals surface area contributed by atoms with E-state index in [2.05, 4.69) is 13.8 Å². The summed E-state index contributed by atoms with van der Waals surface area (Å²) in [7, 11) is 0. The molecule has 3 nitrogen and oxygen atoms in total. The largest absolute Gasteiger partial charge is 0.475 e. The van der Waals surface area contributed by atoms with Crippen molar-refractivity contribution in [3.8, 4) is 0 Å². The van der Waals surface area contributed by atoms with E-state index in [1.807, 2.05) is 0 Å². The molecule has 0 spiro atoms. The second-order valence-corrected chi connectivity index (χ2v) is 4.65. The Balaban J connectivity index is 2.40. The predicted octanol–water partition coefficient (Wildman–Crippen LogP) is 3.51. The SMILES string of the molecule is CCCC(C)CSc1ccc(C(=O)O)o1. The lowest BCUT2D eigenvalue weighted by atomic mass is 10.1. The van der Waals surface area contributed by atoms with Crippen molar-refractivity contribution in [2.45, 2.75) is 31.8 Å². The molecule has 1 unspecified atom stereocenters. The summed E-state index contributed by atoms with van der Waals surface area (Å²) < 4.78 is 5.14. The van der Waals surface area contributed by atoms with E-state index in [0.717, 1.165) is 5.75 Å². The second-order valence-electron chi connectivity index (χ2n) is 3.63. The van der Waals surface area contributed by atoms with Crippen molar-refractivity contribution >= 4 is 17.7 Å². The van der Waals surface area contributed by atoms with Gasteiger partial charge in [-0.3, -0.25) is 0 Å². The fourth-order valence-corrected chi connectivity index (χ4v) is 2.24. The van der Waals surface area contributed by atoms with Crippen molar-refractivity contribution < 1.29 is 14.3 Å². The van der Waals surface area contributed by atoms with Crippen LogP contribution in [0.3, 0.4) is 0 Å². The van der Waals surface area contributed by atoms with Gasteiger partial charge < -0.3 is 9.52 Å². The van der Waals surface area contributed by atoms with E-state index in [1.54, 1.807) is 17.8 Å².